The van der Waals surface area contributed by atoms with Crippen molar-refractivity contribution >= 4 is 11.8 Å². The fourth-order valence-electron chi connectivity index (χ4n) is 4.66. The summed E-state index contributed by atoms with van der Waals surface area (Å²) in [5.74, 6) is 2.68. The van der Waals surface area contributed by atoms with Gasteiger partial charge in [0.1, 0.15) is 0 Å². The van der Waals surface area contributed by atoms with Crippen molar-refractivity contribution in [3.63, 3.8) is 0 Å². The zero-order valence-corrected chi connectivity index (χ0v) is 23.0. The molecule has 31 heavy (non-hydrogen) atoms. The van der Waals surface area contributed by atoms with E-state index in [1.807, 2.05) is 0 Å². The van der Waals surface area contributed by atoms with Crippen LogP contribution in [0.4, 0.5) is 0 Å². The molecule has 0 heterocycles. The quantitative estimate of drug-likeness (QED) is 0.106. The van der Waals surface area contributed by atoms with Crippen molar-refractivity contribution in [1.29, 1.82) is 0 Å². The molecule has 0 saturated carbocycles. The first-order valence-corrected chi connectivity index (χ1v) is 16.1. The molecule has 0 nitrogen and oxygen atoms in total. The van der Waals surface area contributed by atoms with Gasteiger partial charge < -0.3 is 0 Å². The van der Waals surface area contributed by atoms with Crippen LogP contribution < -0.4 is 0 Å². The van der Waals surface area contributed by atoms with Crippen LogP contribution in [0.5, 0.6) is 0 Å². The van der Waals surface area contributed by atoms with Crippen LogP contribution in [-0.4, -0.2) is 11.5 Å². The van der Waals surface area contributed by atoms with E-state index in [4.69, 9.17) is 0 Å². The highest BCUT2D eigenvalue weighted by molar-refractivity contribution is 7.99. The third-order valence-electron chi connectivity index (χ3n) is 6.85. The van der Waals surface area contributed by atoms with Crippen molar-refractivity contribution in [1.82, 2.24) is 0 Å². The van der Waals surface area contributed by atoms with E-state index in [0.717, 1.165) is 0 Å². The second kappa shape index (κ2) is 30.4. The summed E-state index contributed by atoms with van der Waals surface area (Å²) in [5.41, 5.74) is 0. The van der Waals surface area contributed by atoms with Gasteiger partial charge in [-0.15, -0.1) is 0 Å². The van der Waals surface area contributed by atoms with Crippen LogP contribution in [0.15, 0.2) is 0 Å². The number of hydrogen-bond donors (Lipinski definition) is 0. The van der Waals surface area contributed by atoms with Gasteiger partial charge in [-0.1, -0.05) is 174 Å². The molecular weight excluding hydrogens is 392 g/mol. The van der Waals surface area contributed by atoms with Crippen LogP contribution in [0.1, 0.15) is 181 Å². The molecule has 0 aromatic heterocycles. The molecule has 0 aliphatic carbocycles. The minimum Gasteiger partial charge on any atom is -0.162 e. The van der Waals surface area contributed by atoms with Crippen molar-refractivity contribution in [2.45, 2.75) is 181 Å². The lowest BCUT2D eigenvalue weighted by molar-refractivity contribution is 0.516. The molecule has 188 valence electrons. The number of thioether (sulfide) groups is 1. The van der Waals surface area contributed by atoms with Gasteiger partial charge in [-0.3, -0.25) is 0 Å². The predicted octanol–water partition coefficient (Wildman–Crippen LogP) is 11.9. The minimum atomic E-state index is 1.29. The summed E-state index contributed by atoms with van der Waals surface area (Å²) in [6.07, 6.45) is 38.5. The van der Waals surface area contributed by atoms with E-state index in [1.165, 1.54) is 178 Å². The lowest BCUT2D eigenvalue weighted by atomic mass is 10.0. The molecule has 0 unspecified atom stereocenters. The second-order valence-electron chi connectivity index (χ2n) is 10.0. The van der Waals surface area contributed by atoms with Crippen LogP contribution in [0.3, 0.4) is 0 Å². The van der Waals surface area contributed by atoms with E-state index >= 15 is 0 Å². The topological polar surface area (TPSA) is 0 Å². The van der Waals surface area contributed by atoms with E-state index in [0.29, 0.717) is 0 Å². The molecule has 0 N–H and O–H groups in total. The molecule has 0 saturated heterocycles. The van der Waals surface area contributed by atoms with Crippen LogP contribution in [0, 0.1) is 0 Å². The van der Waals surface area contributed by atoms with Crippen LogP contribution in [0.2, 0.25) is 0 Å². The summed E-state index contributed by atoms with van der Waals surface area (Å²) in [4.78, 5) is 0. The summed E-state index contributed by atoms with van der Waals surface area (Å²) >= 11 is 2.10. The highest BCUT2D eigenvalue weighted by Crippen LogP contribution is 2.16. The molecule has 0 aliphatic heterocycles. The second-order valence-corrected chi connectivity index (χ2v) is 11.4. The molecule has 0 rings (SSSR count). The lowest BCUT2D eigenvalue weighted by Crippen LogP contribution is -1.85. The zero-order valence-electron chi connectivity index (χ0n) is 22.2. The van der Waals surface area contributed by atoms with Crippen molar-refractivity contribution in [2.24, 2.45) is 0 Å². The highest BCUT2D eigenvalue weighted by Gasteiger charge is 1.96. The Labute approximate surface area is 203 Å². The number of rotatable bonds is 28. The minimum absolute atomic E-state index is 1.29. The van der Waals surface area contributed by atoms with Crippen LogP contribution in [0.25, 0.3) is 0 Å². The molecule has 0 aromatic rings. The normalized spacial score (nSPS) is 11.4. The maximum absolute atomic E-state index is 2.31. The third kappa shape index (κ3) is 30.4. The molecule has 0 spiro atoms. The molecule has 0 aromatic carbocycles. The fraction of sp³-hybridized carbons (Fsp3) is 1.00. The van der Waals surface area contributed by atoms with E-state index in [9.17, 15) is 0 Å². The smallest absolute Gasteiger partial charge is 0.00676 e. The summed E-state index contributed by atoms with van der Waals surface area (Å²) in [7, 11) is 0. The SMILES string of the molecule is CCCCCCCCCCCCCCCCCCCCCCCCCCCCSCC. The van der Waals surface area contributed by atoms with E-state index in [1.54, 1.807) is 0 Å². The summed E-state index contributed by atoms with van der Waals surface area (Å²) in [6.45, 7) is 4.57. The lowest BCUT2D eigenvalue weighted by Gasteiger charge is -2.04. The largest absolute Gasteiger partial charge is 0.162 e. The maximum atomic E-state index is 2.31. The van der Waals surface area contributed by atoms with Gasteiger partial charge in [0.2, 0.25) is 0 Å². The Balaban J connectivity index is 2.98. The average Bonchev–Trinajstić information content (AvgIpc) is 2.78. The van der Waals surface area contributed by atoms with Crippen LogP contribution >= 0.6 is 11.8 Å². The Kier molecular flexibility index (Phi) is 30.7. The van der Waals surface area contributed by atoms with Gasteiger partial charge in [0.15, 0.2) is 0 Å². The van der Waals surface area contributed by atoms with Crippen molar-refractivity contribution in [3.05, 3.63) is 0 Å². The molecule has 0 bridgehead atoms. The van der Waals surface area contributed by atoms with Gasteiger partial charge in [0.25, 0.3) is 0 Å². The Morgan fingerprint density at radius 3 is 0.742 bits per heavy atom. The molecule has 0 radical (unpaired) electrons. The zero-order chi connectivity index (χ0) is 22.5. The number of unbranched alkanes of at least 4 members (excludes halogenated alkanes) is 25. The first kappa shape index (κ1) is 31.4. The van der Waals surface area contributed by atoms with Gasteiger partial charge in [0.05, 0.1) is 0 Å². The molecular formula is C30H62S. The number of hydrogen-bond acceptors (Lipinski definition) is 1. The van der Waals surface area contributed by atoms with Gasteiger partial charge in [-0.2, -0.15) is 11.8 Å². The Hall–Kier alpha value is 0.350. The van der Waals surface area contributed by atoms with E-state index in [-0.39, 0.29) is 0 Å². The van der Waals surface area contributed by atoms with E-state index in [2.05, 4.69) is 25.6 Å². The average molecular weight is 455 g/mol. The van der Waals surface area contributed by atoms with Crippen molar-refractivity contribution in [2.75, 3.05) is 11.5 Å². The Morgan fingerprint density at radius 2 is 0.516 bits per heavy atom. The molecule has 1 heteroatoms. The van der Waals surface area contributed by atoms with Crippen molar-refractivity contribution < 1.29 is 0 Å². The summed E-state index contributed by atoms with van der Waals surface area (Å²) < 4.78 is 0. The third-order valence-corrected chi connectivity index (χ3v) is 7.83. The summed E-state index contributed by atoms with van der Waals surface area (Å²) in [6, 6.07) is 0. The fourth-order valence-corrected chi connectivity index (χ4v) is 5.36. The van der Waals surface area contributed by atoms with Crippen LogP contribution in [-0.2, 0) is 0 Å². The van der Waals surface area contributed by atoms with E-state index < -0.39 is 0 Å². The van der Waals surface area contributed by atoms with Gasteiger partial charge >= 0.3 is 0 Å². The standard InChI is InChI=1S/C30H62S/c1-3-5-6-7-8-9-10-11-12-13-14-15-16-17-18-19-20-21-22-23-24-25-26-27-28-29-30-31-4-2/h3-30H2,1-2H3. The molecule has 0 amide bonds. The first-order chi connectivity index (χ1) is 15.4. The first-order valence-electron chi connectivity index (χ1n) is 15.0. The summed E-state index contributed by atoms with van der Waals surface area (Å²) in [5, 5.41) is 0. The highest BCUT2D eigenvalue weighted by atomic mass is 32.2. The molecule has 0 atom stereocenters. The monoisotopic (exact) mass is 454 g/mol. The molecule has 0 fully saturated rings. The molecule has 0 aliphatic rings. The van der Waals surface area contributed by atoms with Gasteiger partial charge in [-0.05, 0) is 17.9 Å². The predicted molar refractivity (Wildman–Crippen MR) is 149 cm³/mol. The Bertz CT molecular complexity index is 260. The van der Waals surface area contributed by atoms with Gasteiger partial charge in [-0.25, -0.2) is 0 Å². The Morgan fingerprint density at radius 1 is 0.290 bits per heavy atom. The maximum Gasteiger partial charge on any atom is -0.00676 e. The van der Waals surface area contributed by atoms with Gasteiger partial charge in [0, 0.05) is 0 Å². The van der Waals surface area contributed by atoms with Crippen molar-refractivity contribution in [3.8, 4) is 0 Å².